The van der Waals surface area contributed by atoms with Gasteiger partial charge in [0.15, 0.2) is 12.6 Å². The molecule has 0 fully saturated rings. The normalized spacial score (nSPS) is 8.92. The predicted octanol–water partition coefficient (Wildman–Crippen LogP) is 1.32. The molecule has 0 amide bonds. The molecule has 0 unspecified atom stereocenters. The first kappa shape index (κ1) is 9.07. The third-order valence-electron chi connectivity index (χ3n) is 1.55. The number of aldehydes is 2. The highest BCUT2D eigenvalue weighted by molar-refractivity contribution is 5.90. The van der Waals surface area contributed by atoms with E-state index in [1.165, 1.54) is 0 Å². The van der Waals surface area contributed by atoms with Gasteiger partial charge in [-0.2, -0.15) is 5.26 Å². The molecule has 0 aliphatic carbocycles. The predicted molar refractivity (Wildman–Crippen MR) is 41.9 cm³/mol. The number of nitriles is 1. The van der Waals surface area contributed by atoms with Crippen LogP contribution in [0.1, 0.15) is 26.3 Å². The molecule has 1 aromatic rings. The lowest BCUT2D eigenvalue weighted by molar-refractivity contribution is 0.109. The fourth-order valence-corrected chi connectivity index (χ4v) is 0.895. The van der Waals surface area contributed by atoms with Gasteiger partial charge in [-0.05, 0) is 12.1 Å². The van der Waals surface area contributed by atoms with Crippen molar-refractivity contribution < 1.29 is 14.0 Å². The second-order valence-electron chi connectivity index (χ2n) is 2.31. The first-order chi connectivity index (χ1) is 6.22. The summed E-state index contributed by atoms with van der Waals surface area (Å²) in [6.07, 6.45) is 0.776. The van der Waals surface area contributed by atoms with Crippen LogP contribution in [0, 0.1) is 17.1 Å². The van der Waals surface area contributed by atoms with E-state index in [4.69, 9.17) is 5.26 Å². The molecule has 0 saturated carbocycles. The number of rotatable bonds is 2. The molecule has 0 radical (unpaired) electrons. The summed E-state index contributed by atoms with van der Waals surface area (Å²) in [5.74, 6) is -0.796. The van der Waals surface area contributed by atoms with Crippen LogP contribution in [-0.2, 0) is 0 Å². The summed E-state index contributed by atoms with van der Waals surface area (Å²) < 4.78 is 12.9. The van der Waals surface area contributed by atoms with Crippen LogP contribution in [0.25, 0.3) is 0 Å². The molecule has 0 bridgehead atoms. The fraction of sp³-hybridized carbons (Fsp3) is 0. The molecule has 0 aliphatic heterocycles. The Labute approximate surface area is 73.4 Å². The van der Waals surface area contributed by atoms with Gasteiger partial charge in [-0.15, -0.1) is 0 Å². The summed E-state index contributed by atoms with van der Waals surface area (Å²) in [5.41, 5.74) is -0.271. The van der Waals surface area contributed by atoms with E-state index in [0.717, 1.165) is 12.1 Å². The zero-order chi connectivity index (χ0) is 9.84. The summed E-state index contributed by atoms with van der Waals surface area (Å²) in [5, 5.41) is 8.41. The van der Waals surface area contributed by atoms with Gasteiger partial charge in [-0.3, -0.25) is 9.59 Å². The molecule has 0 spiro atoms. The van der Waals surface area contributed by atoms with Crippen LogP contribution in [0.4, 0.5) is 4.39 Å². The quantitative estimate of drug-likeness (QED) is 0.640. The van der Waals surface area contributed by atoms with Gasteiger partial charge in [-0.1, -0.05) is 0 Å². The smallest absolute Gasteiger partial charge is 0.150 e. The Balaban J connectivity index is 3.45. The van der Waals surface area contributed by atoms with Crippen LogP contribution in [-0.4, -0.2) is 12.6 Å². The molecular formula is C9H4FNO2. The Morgan fingerprint density at radius 2 is 1.77 bits per heavy atom. The molecule has 4 heteroatoms. The Hall–Kier alpha value is -2.02. The van der Waals surface area contributed by atoms with Crippen molar-refractivity contribution in [1.82, 2.24) is 0 Å². The van der Waals surface area contributed by atoms with E-state index in [2.05, 4.69) is 0 Å². The van der Waals surface area contributed by atoms with Crippen LogP contribution in [0.15, 0.2) is 12.1 Å². The monoisotopic (exact) mass is 177 g/mol. The van der Waals surface area contributed by atoms with E-state index in [1.807, 2.05) is 0 Å². The van der Waals surface area contributed by atoms with Gasteiger partial charge in [0.05, 0.1) is 5.56 Å². The maximum Gasteiger partial charge on any atom is 0.150 e. The SMILES string of the molecule is N#Cc1cc(C=O)c(C=O)cc1F. The van der Waals surface area contributed by atoms with E-state index in [0.29, 0.717) is 12.6 Å². The lowest BCUT2D eigenvalue weighted by Gasteiger charge is -1.98. The molecule has 0 saturated heterocycles. The second kappa shape index (κ2) is 3.59. The number of hydrogen-bond acceptors (Lipinski definition) is 3. The van der Waals surface area contributed by atoms with Crippen molar-refractivity contribution in [3.8, 4) is 6.07 Å². The average molecular weight is 177 g/mol. The minimum absolute atomic E-state index is 0.0213. The van der Waals surface area contributed by atoms with Crippen molar-refractivity contribution in [3.05, 3.63) is 34.6 Å². The minimum atomic E-state index is -0.796. The summed E-state index contributed by atoms with van der Waals surface area (Å²) in [4.78, 5) is 20.7. The van der Waals surface area contributed by atoms with Crippen LogP contribution >= 0.6 is 0 Å². The topological polar surface area (TPSA) is 57.9 Å². The Morgan fingerprint density at radius 1 is 1.23 bits per heavy atom. The number of carbonyl (C=O) groups excluding carboxylic acids is 2. The summed E-state index contributed by atoms with van der Waals surface area (Å²) in [6, 6.07) is 3.49. The number of benzene rings is 1. The number of halogens is 1. The zero-order valence-electron chi connectivity index (χ0n) is 6.45. The van der Waals surface area contributed by atoms with Crippen LogP contribution in [0.2, 0.25) is 0 Å². The standard InChI is InChI=1S/C9H4FNO2/c10-9-2-8(5-13)7(4-12)1-6(9)3-11/h1-2,4-5H. The van der Waals surface area contributed by atoms with Crippen LogP contribution in [0.5, 0.6) is 0 Å². The maximum absolute atomic E-state index is 12.9. The largest absolute Gasteiger partial charge is 0.298 e. The maximum atomic E-state index is 12.9. The molecular weight excluding hydrogens is 173 g/mol. The number of carbonyl (C=O) groups is 2. The molecule has 1 aromatic carbocycles. The minimum Gasteiger partial charge on any atom is -0.298 e. The summed E-state index contributed by atoms with van der Waals surface area (Å²) >= 11 is 0. The van der Waals surface area contributed by atoms with E-state index in [-0.39, 0.29) is 16.7 Å². The molecule has 13 heavy (non-hydrogen) atoms. The highest BCUT2D eigenvalue weighted by atomic mass is 19.1. The molecule has 0 aromatic heterocycles. The lowest BCUT2D eigenvalue weighted by Crippen LogP contribution is -1.95. The van der Waals surface area contributed by atoms with Crippen molar-refractivity contribution in [3.63, 3.8) is 0 Å². The van der Waals surface area contributed by atoms with Crippen LogP contribution in [0.3, 0.4) is 0 Å². The van der Waals surface area contributed by atoms with Gasteiger partial charge in [0.2, 0.25) is 0 Å². The number of hydrogen-bond donors (Lipinski definition) is 0. The zero-order valence-corrected chi connectivity index (χ0v) is 6.45. The first-order valence-corrected chi connectivity index (χ1v) is 3.37. The van der Waals surface area contributed by atoms with Crippen molar-refractivity contribution in [2.45, 2.75) is 0 Å². The molecule has 0 heterocycles. The van der Waals surface area contributed by atoms with Crippen molar-refractivity contribution in [1.29, 1.82) is 5.26 Å². The van der Waals surface area contributed by atoms with Crippen molar-refractivity contribution in [2.24, 2.45) is 0 Å². The first-order valence-electron chi connectivity index (χ1n) is 3.37. The van der Waals surface area contributed by atoms with Gasteiger partial charge in [0.1, 0.15) is 11.9 Å². The molecule has 3 nitrogen and oxygen atoms in total. The van der Waals surface area contributed by atoms with E-state index in [1.54, 1.807) is 6.07 Å². The Morgan fingerprint density at radius 3 is 2.23 bits per heavy atom. The van der Waals surface area contributed by atoms with Gasteiger partial charge in [0, 0.05) is 11.1 Å². The molecule has 64 valence electrons. The number of nitrogens with zero attached hydrogens (tertiary/aromatic N) is 1. The molecule has 0 aliphatic rings. The Kier molecular flexibility index (Phi) is 2.50. The van der Waals surface area contributed by atoms with Gasteiger partial charge in [-0.25, -0.2) is 4.39 Å². The van der Waals surface area contributed by atoms with E-state index < -0.39 is 5.82 Å². The lowest BCUT2D eigenvalue weighted by atomic mass is 10.1. The fourth-order valence-electron chi connectivity index (χ4n) is 0.895. The summed E-state index contributed by atoms with van der Waals surface area (Å²) in [7, 11) is 0. The third-order valence-corrected chi connectivity index (χ3v) is 1.55. The van der Waals surface area contributed by atoms with Gasteiger partial charge in [0.25, 0.3) is 0 Å². The van der Waals surface area contributed by atoms with E-state index >= 15 is 0 Å². The van der Waals surface area contributed by atoms with Crippen molar-refractivity contribution >= 4 is 12.6 Å². The summed E-state index contributed by atoms with van der Waals surface area (Å²) in [6.45, 7) is 0. The Bertz CT molecular complexity index is 407. The van der Waals surface area contributed by atoms with Gasteiger partial charge < -0.3 is 0 Å². The van der Waals surface area contributed by atoms with Crippen LogP contribution < -0.4 is 0 Å². The second-order valence-corrected chi connectivity index (χ2v) is 2.31. The average Bonchev–Trinajstić information content (AvgIpc) is 2.17. The van der Waals surface area contributed by atoms with Gasteiger partial charge >= 0.3 is 0 Å². The highest BCUT2D eigenvalue weighted by Crippen LogP contribution is 2.12. The molecule has 0 atom stereocenters. The van der Waals surface area contributed by atoms with Crippen molar-refractivity contribution in [2.75, 3.05) is 0 Å². The van der Waals surface area contributed by atoms with E-state index in [9.17, 15) is 14.0 Å². The third kappa shape index (κ3) is 1.59. The molecule has 1 rings (SSSR count). The molecule has 0 N–H and O–H groups in total. The highest BCUT2D eigenvalue weighted by Gasteiger charge is 2.07.